The number of rotatable bonds is 29. The van der Waals surface area contributed by atoms with Gasteiger partial charge < -0.3 is 74.8 Å². The zero-order valence-corrected chi connectivity index (χ0v) is 74.3. The van der Waals surface area contributed by atoms with Gasteiger partial charge in [-0.3, -0.25) is 38.6 Å². The Labute approximate surface area is 742 Å². The summed E-state index contributed by atoms with van der Waals surface area (Å²) < 4.78 is 26.4. The molecule has 9 aromatic rings. The molecule has 15 rings (SSSR count). The predicted molar refractivity (Wildman–Crippen MR) is 497 cm³/mol. The zero-order chi connectivity index (χ0) is 88.1. The molecule has 26 heteroatoms. The number of aromatic nitrogens is 3. The summed E-state index contributed by atoms with van der Waals surface area (Å²) in [6.45, 7) is 25.2. The lowest BCUT2D eigenvalue weighted by molar-refractivity contribution is 0.0378. The molecular weight excluding hydrogens is 1590 g/mol. The van der Waals surface area contributed by atoms with Gasteiger partial charge in [0, 0.05) is 158 Å². The number of aryl methyl sites for hydroxylation is 3. The first-order valence-corrected chi connectivity index (χ1v) is 44.9. The Bertz CT molecular complexity index is 4790. The van der Waals surface area contributed by atoms with Crippen molar-refractivity contribution in [3.63, 3.8) is 0 Å². The topological polar surface area (TPSA) is 270 Å². The number of benzene rings is 6. The van der Waals surface area contributed by atoms with Gasteiger partial charge in [0.25, 0.3) is 35.4 Å². The summed E-state index contributed by atoms with van der Waals surface area (Å²) in [5.41, 5.74) is 11.6. The molecule has 6 fully saturated rings. The van der Waals surface area contributed by atoms with Crippen molar-refractivity contribution in [3.8, 4) is 17.2 Å². The maximum atomic E-state index is 13.4. The number of hydrogen-bond acceptors (Lipinski definition) is 20. The van der Waals surface area contributed by atoms with Crippen LogP contribution >= 0.6 is 0 Å². The van der Waals surface area contributed by atoms with Gasteiger partial charge in [-0.25, -0.2) is 15.0 Å². The number of pyridine rings is 3. The lowest BCUT2D eigenvalue weighted by Gasteiger charge is -2.35. The molecule has 0 aliphatic carbocycles. The van der Waals surface area contributed by atoms with Crippen LogP contribution in [0.25, 0.3) is 0 Å². The van der Waals surface area contributed by atoms with Gasteiger partial charge >= 0.3 is 0 Å². The van der Waals surface area contributed by atoms with E-state index in [-0.39, 0.29) is 35.4 Å². The molecule has 6 aliphatic heterocycles. The highest BCUT2D eigenvalue weighted by atomic mass is 16.5. The number of carbonyl (C=O) groups excluding carboxylic acids is 6. The summed E-state index contributed by atoms with van der Waals surface area (Å²) >= 11 is 0. The highest BCUT2D eigenvalue weighted by Crippen LogP contribution is 2.35. The first kappa shape index (κ1) is 91.9. The lowest BCUT2D eigenvalue weighted by atomic mass is 9.89. The minimum absolute atomic E-state index is 0.00365. The Morgan fingerprint density at radius 2 is 0.706 bits per heavy atom. The quantitative estimate of drug-likeness (QED) is 0.0273. The number of nitrogens with zero attached hydrogens (tertiary/aromatic N) is 10. The molecule has 0 spiro atoms. The van der Waals surface area contributed by atoms with Crippen LogP contribution in [0.1, 0.15) is 184 Å². The number of piperidine rings is 4. The highest BCUT2D eigenvalue weighted by molar-refractivity contribution is 6.07. The average molecular weight is 1710 g/mol. The maximum Gasteiger partial charge on any atom is 0.257 e. The van der Waals surface area contributed by atoms with Gasteiger partial charge in [0.2, 0.25) is 0 Å². The first-order chi connectivity index (χ1) is 61.4. The third-order valence-electron chi connectivity index (χ3n) is 25.1. The number of anilines is 6. The Balaban J connectivity index is 0.000000162. The summed E-state index contributed by atoms with van der Waals surface area (Å²) in [5, 5.41) is 15.6. The molecule has 5 N–H and O–H groups in total. The molecular formula is C100H125N15O11. The van der Waals surface area contributed by atoms with Crippen molar-refractivity contribution in [1.82, 2.24) is 44.4 Å². The second kappa shape index (κ2) is 46.4. The fraction of sp³-hybridized carbons (Fsp3) is 0.430. The van der Waals surface area contributed by atoms with E-state index >= 15 is 0 Å². The third-order valence-corrected chi connectivity index (χ3v) is 25.1. The third kappa shape index (κ3) is 26.0. The number of amides is 6. The Hall–Kier alpha value is -11.8. The van der Waals surface area contributed by atoms with Crippen LogP contribution in [0.4, 0.5) is 34.5 Å². The minimum atomic E-state index is -0.255. The van der Waals surface area contributed by atoms with Gasteiger partial charge in [0.15, 0.2) is 0 Å². The van der Waals surface area contributed by atoms with E-state index in [4.69, 9.17) is 23.7 Å². The molecule has 6 saturated heterocycles. The fourth-order valence-corrected chi connectivity index (χ4v) is 17.1. The molecule has 126 heavy (non-hydrogen) atoms. The van der Waals surface area contributed by atoms with Crippen LogP contribution in [0.2, 0.25) is 0 Å². The number of morpholine rings is 1. The van der Waals surface area contributed by atoms with Crippen LogP contribution in [0.3, 0.4) is 0 Å². The normalized spacial score (nSPS) is 16.2. The SMILES string of the molecule is COCCN1CCN(c2ccc(C(=O)Nc3cc(C(=O)N4CCC(c5ccc(OC)cc5)CC4)ccc3C)cn2)CC1.COc1ccc(C2CCN(C(=O)c3ccc(C)c(NC(=O)c4ccc(NCCCN5CCCCC5)nc4)c3)CC2)cc1.COc1ccc(C2CCN(C(=O)c3ccc(C)c(NC(=O)c4ccc(NCCCN5CCOCC5)nc4)c3)CC2)cc1. The van der Waals surface area contributed by atoms with E-state index in [1.54, 1.807) is 77.4 Å². The maximum absolute atomic E-state index is 13.4. The van der Waals surface area contributed by atoms with E-state index in [0.717, 1.165) is 195 Å². The standard InChI is InChI=1S/C34H43N5O3.2C33H41N5O4/c1-25-7-8-28(34(41)39-21-15-27(16-22-39)26-9-12-30(42-2)13-10-26)23-31(25)37-33(40)29-11-14-32(36-24-29)35-17-6-20-38-18-4-3-5-19-38;1-24-4-5-27(33(40)38-14-12-26(13-15-38)25-6-9-29(42-3)10-7-25)22-30(24)35-32(39)28-8-11-31(34-23-28)37-18-16-36(17-19-37)20-21-41-2;1-24-4-5-27(33(40)38-16-12-26(13-17-38)25-6-9-29(41-2)10-7-25)22-30(24)36-32(39)28-8-11-31(35-23-28)34-14-3-15-37-18-20-42-21-19-37/h7-14,23-24,27H,3-6,15-22H2,1-2H3,(H,35,36)(H,37,40);4-11,22-23,26H,12-21H2,1-3H3,(H,35,39);4-11,22-23,26H,3,12-21H2,1-2H3,(H,34,35)(H,36,39). The van der Waals surface area contributed by atoms with Gasteiger partial charge in [0.05, 0.1) is 57.8 Å². The van der Waals surface area contributed by atoms with Gasteiger partial charge in [-0.2, -0.15) is 0 Å². The van der Waals surface area contributed by atoms with Crippen LogP contribution < -0.4 is 45.7 Å². The molecule has 9 heterocycles. The fourth-order valence-electron chi connectivity index (χ4n) is 17.1. The molecule has 666 valence electrons. The molecule has 6 amide bonds. The Kier molecular flexibility index (Phi) is 33.8. The summed E-state index contributed by atoms with van der Waals surface area (Å²) in [4.78, 5) is 108. The number of ether oxygens (including phenoxy) is 5. The van der Waals surface area contributed by atoms with E-state index in [1.165, 1.54) is 49.0 Å². The summed E-state index contributed by atoms with van der Waals surface area (Å²) in [5.74, 6) is 5.47. The van der Waals surface area contributed by atoms with Crippen molar-refractivity contribution >= 4 is 70.0 Å². The Morgan fingerprint density at radius 3 is 1.04 bits per heavy atom. The van der Waals surface area contributed by atoms with E-state index in [9.17, 15) is 28.8 Å². The van der Waals surface area contributed by atoms with Gasteiger partial charge in [-0.1, -0.05) is 61.0 Å². The summed E-state index contributed by atoms with van der Waals surface area (Å²) in [7, 11) is 6.74. The van der Waals surface area contributed by atoms with Crippen molar-refractivity contribution in [2.24, 2.45) is 0 Å². The molecule has 3 aromatic heterocycles. The average Bonchev–Trinajstić information content (AvgIpc) is 0.820. The van der Waals surface area contributed by atoms with Crippen LogP contribution in [-0.4, -0.2) is 252 Å². The van der Waals surface area contributed by atoms with Crippen LogP contribution in [0.5, 0.6) is 17.2 Å². The van der Waals surface area contributed by atoms with Crippen LogP contribution in [0, 0.1) is 20.8 Å². The number of nitrogens with one attached hydrogen (secondary N) is 5. The molecule has 0 saturated carbocycles. The minimum Gasteiger partial charge on any atom is -0.497 e. The number of hydrogen-bond donors (Lipinski definition) is 5. The second-order valence-electron chi connectivity index (χ2n) is 33.5. The molecule has 6 aliphatic rings. The van der Waals surface area contributed by atoms with E-state index in [0.29, 0.717) is 107 Å². The molecule has 26 nitrogen and oxygen atoms in total. The van der Waals surface area contributed by atoms with Crippen molar-refractivity contribution in [2.75, 3.05) is 204 Å². The van der Waals surface area contributed by atoms with E-state index in [2.05, 4.69) is 97.5 Å². The number of likely N-dealkylation sites (tertiary alicyclic amines) is 4. The molecule has 6 aromatic carbocycles. The van der Waals surface area contributed by atoms with Crippen LogP contribution in [0.15, 0.2) is 182 Å². The van der Waals surface area contributed by atoms with Gasteiger partial charge in [0.1, 0.15) is 34.7 Å². The van der Waals surface area contributed by atoms with Crippen LogP contribution in [-0.2, 0) is 9.47 Å². The summed E-state index contributed by atoms with van der Waals surface area (Å²) in [6.07, 6.45) is 16.4. The molecule has 0 radical (unpaired) electrons. The molecule has 0 bridgehead atoms. The lowest BCUT2D eigenvalue weighted by Crippen LogP contribution is -2.47. The smallest absolute Gasteiger partial charge is 0.257 e. The molecule has 0 unspecified atom stereocenters. The second-order valence-corrected chi connectivity index (χ2v) is 33.5. The monoisotopic (exact) mass is 1710 g/mol. The van der Waals surface area contributed by atoms with E-state index < -0.39 is 0 Å². The number of carbonyl (C=O) groups is 6. The van der Waals surface area contributed by atoms with Gasteiger partial charge in [-0.05, 0) is 271 Å². The number of methoxy groups -OCH3 is 4. The van der Waals surface area contributed by atoms with Crippen molar-refractivity contribution in [2.45, 2.75) is 109 Å². The number of piperazine rings is 1. The van der Waals surface area contributed by atoms with Crippen molar-refractivity contribution in [3.05, 3.63) is 249 Å². The predicted octanol–water partition coefficient (Wildman–Crippen LogP) is 15.2. The summed E-state index contributed by atoms with van der Waals surface area (Å²) in [6, 6.07) is 52.1. The highest BCUT2D eigenvalue weighted by Gasteiger charge is 2.30. The van der Waals surface area contributed by atoms with Gasteiger partial charge in [-0.15, -0.1) is 0 Å². The van der Waals surface area contributed by atoms with Crippen molar-refractivity contribution < 1.29 is 52.5 Å². The molecule has 0 atom stereocenters. The van der Waals surface area contributed by atoms with E-state index in [1.807, 2.05) is 133 Å². The Morgan fingerprint density at radius 1 is 0.365 bits per heavy atom. The largest absolute Gasteiger partial charge is 0.497 e. The zero-order valence-electron chi connectivity index (χ0n) is 74.3. The first-order valence-electron chi connectivity index (χ1n) is 44.9. The van der Waals surface area contributed by atoms with Crippen molar-refractivity contribution in [1.29, 1.82) is 0 Å².